The average molecular weight is 302 g/mol. The van der Waals surface area contributed by atoms with Gasteiger partial charge in [0, 0.05) is 12.3 Å². The van der Waals surface area contributed by atoms with Crippen LogP contribution in [0.25, 0.3) is 0 Å². The van der Waals surface area contributed by atoms with E-state index in [2.05, 4.69) is 5.32 Å². The second-order valence-corrected chi connectivity index (χ2v) is 6.67. The number of hydrogen-bond donors (Lipinski definition) is 1. The summed E-state index contributed by atoms with van der Waals surface area (Å²) in [6, 6.07) is 4.21. The molecule has 112 valence electrons. The third kappa shape index (κ3) is 4.69. The molecule has 0 saturated heterocycles. The minimum absolute atomic E-state index is 0.108. The third-order valence-electron chi connectivity index (χ3n) is 2.44. The van der Waals surface area contributed by atoms with Crippen molar-refractivity contribution in [1.82, 2.24) is 0 Å². The van der Waals surface area contributed by atoms with Crippen molar-refractivity contribution in [3.05, 3.63) is 28.3 Å². The molecule has 0 aliphatic carbocycles. The molecule has 1 rings (SSSR count). The first-order valence-corrected chi connectivity index (χ1v) is 8.15. The standard InChI is InChI=1S/C12H18N2O5S/c1-4-19-11-7-5-6-10(12(11)14(15)16)13-9(2)8-20(3,17)18/h5-7,9,13H,4,8H2,1-3H3. The highest BCUT2D eigenvalue weighted by Gasteiger charge is 2.22. The Kier molecular flexibility index (Phi) is 5.32. The van der Waals surface area contributed by atoms with Gasteiger partial charge in [0.1, 0.15) is 15.5 Å². The largest absolute Gasteiger partial charge is 0.487 e. The predicted octanol–water partition coefficient (Wildman–Crippen LogP) is 1.84. The Hall–Kier alpha value is -1.83. The molecule has 1 unspecified atom stereocenters. The lowest BCUT2D eigenvalue weighted by Crippen LogP contribution is -2.25. The third-order valence-corrected chi connectivity index (χ3v) is 3.54. The lowest BCUT2D eigenvalue weighted by atomic mass is 10.2. The maximum absolute atomic E-state index is 11.2. The van der Waals surface area contributed by atoms with E-state index in [1.54, 1.807) is 19.9 Å². The van der Waals surface area contributed by atoms with Gasteiger partial charge in [-0.15, -0.1) is 0 Å². The molecular formula is C12H18N2O5S. The molecule has 1 atom stereocenters. The Bertz CT molecular complexity index is 586. The molecular weight excluding hydrogens is 284 g/mol. The Morgan fingerprint density at radius 3 is 2.60 bits per heavy atom. The van der Waals surface area contributed by atoms with Crippen molar-refractivity contribution < 1.29 is 18.1 Å². The van der Waals surface area contributed by atoms with Crippen LogP contribution in [0, 0.1) is 10.1 Å². The summed E-state index contributed by atoms with van der Waals surface area (Å²) in [6.45, 7) is 3.69. The number of nitro groups is 1. The predicted molar refractivity (Wildman–Crippen MR) is 77.1 cm³/mol. The van der Waals surface area contributed by atoms with Crippen LogP contribution in [0.15, 0.2) is 18.2 Å². The van der Waals surface area contributed by atoms with Gasteiger partial charge in [-0.2, -0.15) is 0 Å². The van der Waals surface area contributed by atoms with Crippen molar-refractivity contribution in [2.45, 2.75) is 19.9 Å². The summed E-state index contributed by atoms with van der Waals surface area (Å²) in [6.07, 6.45) is 1.12. The van der Waals surface area contributed by atoms with Crippen LogP contribution >= 0.6 is 0 Å². The maximum atomic E-state index is 11.2. The normalized spacial score (nSPS) is 12.8. The van der Waals surface area contributed by atoms with E-state index in [1.165, 1.54) is 12.1 Å². The summed E-state index contributed by atoms with van der Waals surface area (Å²) in [7, 11) is -3.16. The Labute approximate surface area is 118 Å². The molecule has 1 aromatic carbocycles. The molecule has 0 aromatic heterocycles. The minimum Gasteiger partial charge on any atom is -0.487 e. The number of nitrogens with zero attached hydrogens (tertiary/aromatic N) is 1. The number of benzene rings is 1. The van der Waals surface area contributed by atoms with Gasteiger partial charge in [-0.05, 0) is 26.0 Å². The molecule has 1 N–H and O–H groups in total. The van der Waals surface area contributed by atoms with Crippen LogP contribution in [-0.2, 0) is 9.84 Å². The first-order valence-electron chi connectivity index (χ1n) is 6.09. The summed E-state index contributed by atoms with van der Waals surface area (Å²) in [5, 5.41) is 14.0. The molecule has 7 nitrogen and oxygen atoms in total. The Morgan fingerprint density at radius 1 is 1.45 bits per heavy atom. The molecule has 20 heavy (non-hydrogen) atoms. The first kappa shape index (κ1) is 16.2. The van der Waals surface area contributed by atoms with E-state index in [4.69, 9.17) is 4.74 Å². The molecule has 8 heteroatoms. The van der Waals surface area contributed by atoms with Crippen molar-refractivity contribution in [2.75, 3.05) is 23.9 Å². The van der Waals surface area contributed by atoms with E-state index >= 15 is 0 Å². The van der Waals surface area contributed by atoms with Gasteiger partial charge in [0.15, 0.2) is 5.75 Å². The second-order valence-electron chi connectivity index (χ2n) is 4.48. The maximum Gasteiger partial charge on any atom is 0.333 e. The quantitative estimate of drug-likeness (QED) is 0.609. The number of sulfone groups is 1. The number of ether oxygens (including phenoxy) is 1. The zero-order chi connectivity index (χ0) is 15.3. The highest BCUT2D eigenvalue weighted by atomic mass is 32.2. The summed E-state index contributed by atoms with van der Waals surface area (Å²) in [5.41, 5.74) is 0.0619. The molecule has 0 spiro atoms. The number of nitro benzene ring substituents is 1. The molecule has 0 saturated carbocycles. The van der Waals surface area contributed by atoms with Gasteiger partial charge in [-0.25, -0.2) is 8.42 Å². The van der Waals surface area contributed by atoms with Gasteiger partial charge in [0.25, 0.3) is 0 Å². The van der Waals surface area contributed by atoms with Crippen molar-refractivity contribution in [3.8, 4) is 5.75 Å². The summed E-state index contributed by atoms with van der Waals surface area (Å²) >= 11 is 0. The highest BCUT2D eigenvalue weighted by Crippen LogP contribution is 2.35. The molecule has 0 radical (unpaired) electrons. The number of anilines is 1. The molecule has 0 heterocycles. The van der Waals surface area contributed by atoms with Crippen molar-refractivity contribution in [1.29, 1.82) is 0 Å². The van der Waals surface area contributed by atoms with Crippen molar-refractivity contribution in [2.24, 2.45) is 0 Å². The van der Waals surface area contributed by atoms with Gasteiger partial charge in [0.2, 0.25) is 0 Å². The first-order chi connectivity index (χ1) is 9.24. The molecule has 0 bridgehead atoms. The monoisotopic (exact) mass is 302 g/mol. The van der Waals surface area contributed by atoms with Gasteiger partial charge < -0.3 is 10.1 Å². The lowest BCUT2D eigenvalue weighted by molar-refractivity contribution is -0.385. The van der Waals surface area contributed by atoms with E-state index in [0.717, 1.165) is 6.26 Å². The SMILES string of the molecule is CCOc1cccc(NC(C)CS(C)(=O)=O)c1[N+](=O)[O-]. The van der Waals surface area contributed by atoms with Crippen LogP contribution in [0.5, 0.6) is 5.75 Å². The van der Waals surface area contributed by atoms with Crippen LogP contribution in [0.1, 0.15) is 13.8 Å². The highest BCUT2D eigenvalue weighted by molar-refractivity contribution is 7.90. The van der Waals surface area contributed by atoms with E-state index in [9.17, 15) is 18.5 Å². The number of rotatable bonds is 7. The van der Waals surface area contributed by atoms with E-state index < -0.39 is 20.8 Å². The molecule has 0 aliphatic rings. The zero-order valence-electron chi connectivity index (χ0n) is 11.6. The van der Waals surface area contributed by atoms with Gasteiger partial charge in [0.05, 0.1) is 17.3 Å². The van der Waals surface area contributed by atoms with Crippen molar-refractivity contribution in [3.63, 3.8) is 0 Å². The summed E-state index contributed by atoms with van der Waals surface area (Å²) in [5.74, 6) is 0.0530. The fraction of sp³-hybridized carbons (Fsp3) is 0.500. The van der Waals surface area contributed by atoms with Crippen LogP contribution in [0.2, 0.25) is 0 Å². The van der Waals surface area contributed by atoms with E-state index in [-0.39, 0.29) is 22.9 Å². The Balaban J connectivity index is 3.05. The molecule has 0 amide bonds. The molecule has 0 fully saturated rings. The van der Waals surface area contributed by atoms with Crippen LogP contribution < -0.4 is 10.1 Å². The average Bonchev–Trinajstić information content (AvgIpc) is 2.26. The van der Waals surface area contributed by atoms with Crippen molar-refractivity contribution >= 4 is 21.2 Å². The fourth-order valence-corrected chi connectivity index (χ4v) is 2.85. The zero-order valence-corrected chi connectivity index (χ0v) is 12.4. The molecule has 1 aromatic rings. The van der Waals surface area contributed by atoms with Gasteiger partial charge >= 0.3 is 5.69 Å². The van der Waals surface area contributed by atoms with E-state index in [1.807, 2.05) is 0 Å². The topological polar surface area (TPSA) is 98.5 Å². The Morgan fingerprint density at radius 2 is 2.10 bits per heavy atom. The van der Waals surface area contributed by atoms with Crippen LogP contribution in [0.3, 0.4) is 0 Å². The molecule has 0 aliphatic heterocycles. The second kappa shape index (κ2) is 6.56. The number of nitrogens with one attached hydrogen (secondary N) is 1. The lowest BCUT2D eigenvalue weighted by Gasteiger charge is -2.15. The summed E-state index contributed by atoms with van der Waals surface area (Å²) in [4.78, 5) is 10.6. The number of para-hydroxylation sites is 1. The van der Waals surface area contributed by atoms with Gasteiger partial charge in [-0.1, -0.05) is 6.07 Å². The van der Waals surface area contributed by atoms with Gasteiger partial charge in [-0.3, -0.25) is 10.1 Å². The van der Waals surface area contributed by atoms with Crippen LogP contribution in [0.4, 0.5) is 11.4 Å². The smallest absolute Gasteiger partial charge is 0.333 e. The number of hydrogen-bond acceptors (Lipinski definition) is 6. The fourth-order valence-electron chi connectivity index (χ4n) is 1.86. The van der Waals surface area contributed by atoms with E-state index in [0.29, 0.717) is 6.61 Å². The minimum atomic E-state index is -3.16. The van der Waals surface area contributed by atoms with Crippen LogP contribution in [-0.4, -0.2) is 38.0 Å². The summed E-state index contributed by atoms with van der Waals surface area (Å²) < 4.78 is 27.7.